The smallest absolute Gasteiger partial charge is 0.0893 e. The molecule has 0 fully saturated rings. The molecule has 7 aromatic carbocycles. The predicted molar refractivity (Wildman–Crippen MR) is 209 cm³/mol. The summed E-state index contributed by atoms with van der Waals surface area (Å²) in [7, 11) is 0. The predicted octanol–water partition coefficient (Wildman–Crippen LogP) is 12.8. The quantitative estimate of drug-likeness (QED) is 0.188. The first-order chi connectivity index (χ1) is 24.8. The molecule has 0 spiro atoms. The molecule has 0 radical (unpaired) electrons. The zero-order chi connectivity index (χ0) is 33.0. The largest absolute Gasteiger partial charge is 0.255 e. The Morgan fingerprint density at radius 1 is 0.280 bits per heavy atom. The monoisotopic (exact) mass is 634 g/mol. The molecule has 50 heavy (non-hydrogen) atoms. The van der Waals surface area contributed by atoms with Crippen molar-refractivity contribution >= 4 is 21.5 Å². The van der Waals surface area contributed by atoms with E-state index in [1.165, 1.54) is 71.6 Å². The van der Waals surface area contributed by atoms with E-state index < -0.39 is 0 Å². The Bertz CT molecular complexity index is 2640. The first-order valence-electron chi connectivity index (χ1n) is 17.1. The third-order valence-electron chi connectivity index (χ3n) is 10.1. The summed E-state index contributed by atoms with van der Waals surface area (Å²) < 4.78 is 0. The first kappa shape index (κ1) is 28.4. The number of hydrogen-bond donors (Lipinski definition) is 0. The lowest BCUT2D eigenvalue weighted by Gasteiger charge is -2.20. The lowest BCUT2D eigenvalue weighted by Crippen LogP contribution is -1.93. The van der Waals surface area contributed by atoms with Crippen LogP contribution in [0.4, 0.5) is 0 Å². The van der Waals surface area contributed by atoms with Crippen LogP contribution in [0.15, 0.2) is 182 Å². The molecular formula is C48H30N2. The number of rotatable bonds is 5. The fourth-order valence-electron chi connectivity index (χ4n) is 8.03. The molecule has 0 saturated heterocycles. The van der Waals surface area contributed by atoms with Gasteiger partial charge in [-0.05, 0) is 101 Å². The third-order valence-corrected chi connectivity index (χ3v) is 10.1. The molecule has 0 atom stereocenters. The van der Waals surface area contributed by atoms with Gasteiger partial charge in [0.25, 0.3) is 0 Å². The number of nitrogens with zero attached hydrogens (tertiary/aromatic N) is 2. The molecule has 9 aromatic rings. The van der Waals surface area contributed by atoms with Crippen LogP contribution in [0.25, 0.3) is 99.8 Å². The molecule has 232 valence electrons. The van der Waals surface area contributed by atoms with Crippen LogP contribution in [-0.2, 0) is 0 Å². The maximum atomic E-state index is 5.12. The van der Waals surface area contributed by atoms with Gasteiger partial charge >= 0.3 is 0 Å². The van der Waals surface area contributed by atoms with Crippen molar-refractivity contribution in [2.75, 3.05) is 0 Å². The van der Waals surface area contributed by atoms with Crippen LogP contribution >= 0.6 is 0 Å². The van der Waals surface area contributed by atoms with E-state index in [4.69, 9.17) is 4.98 Å². The molecule has 2 nitrogen and oxygen atoms in total. The van der Waals surface area contributed by atoms with Crippen molar-refractivity contribution in [2.45, 2.75) is 0 Å². The van der Waals surface area contributed by atoms with E-state index in [1.807, 2.05) is 30.5 Å². The zero-order valence-corrected chi connectivity index (χ0v) is 27.2. The highest BCUT2D eigenvalue weighted by Gasteiger charge is 2.31. The number of aromatic nitrogens is 2. The fraction of sp³-hybridized carbons (Fsp3) is 0. The lowest BCUT2D eigenvalue weighted by molar-refractivity contribution is 1.25. The molecule has 0 bridgehead atoms. The second-order valence-corrected chi connectivity index (χ2v) is 12.8. The summed E-state index contributed by atoms with van der Waals surface area (Å²) in [5.74, 6) is 0. The average Bonchev–Trinajstić information content (AvgIpc) is 3.53. The molecule has 0 unspecified atom stereocenters. The molecule has 0 aliphatic heterocycles. The summed E-state index contributed by atoms with van der Waals surface area (Å²) in [6.07, 6.45) is 1.82. The van der Waals surface area contributed by atoms with E-state index in [1.54, 1.807) is 0 Å². The Kier molecular flexibility index (Phi) is 6.53. The summed E-state index contributed by atoms with van der Waals surface area (Å²) >= 11 is 0. The molecule has 0 amide bonds. The van der Waals surface area contributed by atoms with E-state index in [0.717, 1.165) is 28.2 Å². The van der Waals surface area contributed by atoms with Gasteiger partial charge in [0.1, 0.15) is 0 Å². The summed E-state index contributed by atoms with van der Waals surface area (Å²) in [5.41, 5.74) is 16.3. The standard InChI is InChI=1S/C48H30N2/c1-3-15-31(16-4-1)44-37-21-9-10-22-38(37)45(32-17-5-2-6-18-32)48-40-29-28-34(36-23-13-24-39(46(36)40)47(44)48)33-19-7-8-20-35(33)41-26-14-27-43(50-41)42-25-11-12-30-49-42/h1-30H. The van der Waals surface area contributed by atoms with Crippen molar-refractivity contribution in [1.29, 1.82) is 0 Å². The number of fused-ring (bicyclic) bond motifs is 4. The molecular weight excluding hydrogens is 605 g/mol. The molecule has 2 aromatic heterocycles. The van der Waals surface area contributed by atoms with E-state index in [0.29, 0.717) is 0 Å². The van der Waals surface area contributed by atoms with Gasteiger partial charge in [0.15, 0.2) is 0 Å². The topological polar surface area (TPSA) is 25.8 Å². The zero-order valence-electron chi connectivity index (χ0n) is 27.2. The Morgan fingerprint density at radius 3 is 1.46 bits per heavy atom. The van der Waals surface area contributed by atoms with E-state index in [-0.39, 0.29) is 0 Å². The Balaban J connectivity index is 1.26. The van der Waals surface area contributed by atoms with Crippen LogP contribution < -0.4 is 0 Å². The number of pyridine rings is 2. The van der Waals surface area contributed by atoms with Gasteiger partial charge in [-0.1, -0.05) is 152 Å². The molecule has 10 rings (SSSR count). The molecule has 1 aliphatic carbocycles. The minimum absolute atomic E-state index is 0.864. The van der Waals surface area contributed by atoms with Gasteiger partial charge in [0.2, 0.25) is 0 Å². The summed E-state index contributed by atoms with van der Waals surface area (Å²) in [6.45, 7) is 0. The normalized spacial score (nSPS) is 11.6. The van der Waals surface area contributed by atoms with Gasteiger partial charge in [0, 0.05) is 11.8 Å². The minimum atomic E-state index is 0.864. The van der Waals surface area contributed by atoms with Gasteiger partial charge < -0.3 is 0 Å². The minimum Gasteiger partial charge on any atom is -0.255 e. The van der Waals surface area contributed by atoms with Gasteiger partial charge in [0.05, 0.1) is 17.1 Å². The maximum absolute atomic E-state index is 5.12. The average molecular weight is 635 g/mol. The van der Waals surface area contributed by atoms with Crippen LogP contribution in [0.5, 0.6) is 0 Å². The SMILES string of the molecule is c1ccc(-c2c3c(c(-c4ccccc4)c4ccccc24)-c2ccc(-c4ccccc4-c4cccc(-c5ccccn5)n4)c4cccc-3c24)cc1. The Hall–Kier alpha value is -6.64. The first-order valence-corrected chi connectivity index (χ1v) is 17.1. The molecule has 1 aliphatic rings. The summed E-state index contributed by atoms with van der Waals surface area (Å²) in [5, 5.41) is 5.08. The fourth-order valence-corrected chi connectivity index (χ4v) is 8.03. The highest BCUT2D eigenvalue weighted by molar-refractivity contribution is 6.29. The van der Waals surface area contributed by atoms with Crippen LogP contribution in [-0.4, -0.2) is 9.97 Å². The Morgan fingerprint density at radius 2 is 0.780 bits per heavy atom. The molecule has 0 saturated carbocycles. The molecule has 0 N–H and O–H groups in total. The van der Waals surface area contributed by atoms with Gasteiger partial charge in [-0.15, -0.1) is 0 Å². The van der Waals surface area contributed by atoms with Crippen LogP contribution in [0.3, 0.4) is 0 Å². The number of hydrogen-bond acceptors (Lipinski definition) is 2. The third kappa shape index (κ3) is 4.36. The van der Waals surface area contributed by atoms with Crippen molar-refractivity contribution in [3.8, 4) is 78.3 Å². The summed E-state index contributed by atoms with van der Waals surface area (Å²) in [6, 6.07) is 63.1. The van der Waals surface area contributed by atoms with Crippen LogP contribution in [0.2, 0.25) is 0 Å². The molecule has 2 heterocycles. The highest BCUT2D eigenvalue weighted by atomic mass is 14.8. The highest BCUT2D eigenvalue weighted by Crippen LogP contribution is 2.58. The van der Waals surface area contributed by atoms with Crippen molar-refractivity contribution in [2.24, 2.45) is 0 Å². The van der Waals surface area contributed by atoms with Gasteiger partial charge in [-0.3, -0.25) is 4.98 Å². The second-order valence-electron chi connectivity index (χ2n) is 12.8. The second kappa shape index (κ2) is 11.5. The maximum Gasteiger partial charge on any atom is 0.0893 e. The van der Waals surface area contributed by atoms with Crippen molar-refractivity contribution < 1.29 is 0 Å². The van der Waals surface area contributed by atoms with E-state index in [2.05, 4.69) is 157 Å². The van der Waals surface area contributed by atoms with Gasteiger partial charge in [-0.25, -0.2) is 4.98 Å². The summed E-state index contributed by atoms with van der Waals surface area (Å²) in [4.78, 5) is 9.69. The van der Waals surface area contributed by atoms with Crippen LogP contribution in [0.1, 0.15) is 0 Å². The lowest BCUT2D eigenvalue weighted by atomic mass is 9.82. The van der Waals surface area contributed by atoms with Crippen molar-refractivity contribution in [3.05, 3.63) is 182 Å². The van der Waals surface area contributed by atoms with Crippen molar-refractivity contribution in [1.82, 2.24) is 9.97 Å². The van der Waals surface area contributed by atoms with Crippen molar-refractivity contribution in [3.63, 3.8) is 0 Å². The molecule has 2 heteroatoms. The number of benzene rings is 7. The Labute approximate surface area is 291 Å². The van der Waals surface area contributed by atoms with E-state index in [9.17, 15) is 0 Å². The van der Waals surface area contributed by atoms with Gasteiger partial charge in [-0.2, -0.15) is 0 Å². The van der Waals surface area contributed by atoms with E-state index >= 15 is 0 Å². The van der Waals surface area contributed by atoms with Crippen LogP contribution in [0, 0.1) is 0 Å².